The van der Waals surface area contributed by atoms with Gasteiger partial charge in [0.1, 0.15) is 11.6 Å². The van der Waals surface area contributed by atoms with Crippen molar-refractivity contribution in [2.75, 3.05) is 13.7 Å². The van der Waals surface area contributed by atoms with Gasteiger partial charge in [-0.1, -0.05) is 12.1 Å². The maximum atomic E-state index is 12.8. The second-order valence-corrected chi connectivity index (χ2v) is 8.20. The van der Waals surface area contributed by atoms with E-state index in [1.165, 1.54) is 7.11 Å². The number of nitrogens with zero attached hydrogens (tertiary/aromatic N) is 3. The lowest BCUT2D eigenvalue weighted by atomic mass is 10.0. The van der Waals surface area contributed by atoms with Crippen LogP contribution in [-0.2, 0) is 6.42 Å². The number of carbonyl (C=O) groups excluding carboxylic acids is 1. The minimum absolute atomic E-state index is 0.0324. The van der Waals surface area contributed by atoms with Gasteiger partial charge in [0.25, 0.3) is 5.91 Å². The summed E-state index contributed by atoms with van der Waals surface area (Å²) in [7, 11) is 1.53. The SMILES string of the molecule is COc1ncccc1-c1cccc(-c2nc3ccc(C(=O)N[C@H](CO)Cc4c[nH]cn4)cc3[nH]2)c1O. The highest BCUT2D eigenvalue weighted by molar-refractivity contribution is 5.98. The first-order chi connectivity index (χ1) is 17.6. The van der Waals surface area contributed by atoms with Crippen LogP contribution in [0.1, 0.15) is 16.1 Å². The molecule has 0 spiro atoms. The van der Waals surface area contributed by atoms with Crippen molar-refractivity contribution in [3.8, 4) is 34.1 Å². The van der Waals surface area contributed by atoms with E-state index in [4.69, 9.17) is 4.74 Å². The van der Waals surface area contributed by atoms with E-state index < -0.39 is 6.04 Å². The molecule has 3 aromatic heterocycles. The number of phenols is 1. The number of H-pyrrole nitrogens is 2. The summed E-state index contributed by atoms with van der Waals surface area (Å²) in [6, 6.07) is 13.6. The fourth-order valence-corrected chi connectivity index (χ4v) is 4.07. The van der Waals surface area contributed by atoms with E-state index in [1.54, 1.807) is 55.1 Å². The zero-order chi connectivity index (χ0) is 25.1. The Morgan fingerprint density at radius 3 is 2.72 bits per heavy atom. The summed E-state index contributed by atoms with van der Waals surface area (Å²) in [5.74, 6) is 0.566. The number of hydrogen-bond donors (Lipinski definition) is 5. The lowest BCUT2D eigenvalue weighted by molar-refractivity contribution is 0.0916. The number of phenolic OH excluding ortho intramolecular Hbond substituents is 1. The van der Waals surface area contributed by atoms with Crippen LogP contribution in [0, 0.1) is 0 Å². The summed E-state index contributed by atoms with van der Waals surface area (Å²) >= 11 is 0. The Morgan fingerprint density at radius 1 is 1.11 bits per heavy atom. The Balaban J connectivity index is 1.42. The van der Waals surface area contributed by atoms with Crippen LogP contribution in [0.15, 0.2) is 67.3 Å². The molecule has 0 aliphatic rings. The van der Waals surface area contributed by atoms with Gasteiger partial charge in [-0.3, -0.25) is 4.79 Å². The van der Waals surface area contributed by atoms with Crippen LogP contribution in [0.5, 0.6) is 11.6 Å². The molecule has 5 N–H and O–H groups in total. The Kier molecular flexibility index (Phi) is 6.33. The number of aromatic nitrogens is 5. The number of imidazole rings is 2. The third kappa shape index (κ3) is 4.49. The van der Waals surface area contributed by atoms with Gasteiger partial charge in [-0.25, -0.2) is 15.0 Å². The summed E-state index contributed by atoms with van der Waals surface area (Å²) < 4.78 is 5.34. The van der Waals surface area contributed by atoms with Gasteiger partial charge in [-0.15, -0.1) is 0 Å². The first-order valence-electron chi connectivity index (χ1n) is 11.3. The summed E-state index contributed by atoms with van der Waals surface area (Å²) in [6.45, 7) is -0.216. The number of ether oxygens (including phenoxy) is 1. The lowest BCUT2D eigenvalue weighted by Gasteiger charge is -2.15. The Labute approximate surface area is 206 Å². The molecule has 0 aliphatic carbocycles. The first kappa shape index (κ1) is 23.1. The van der Waals surface area contributed by atoms with E-state index in [2.05, 4.69) is 30.2 Å². The fraction of sp³-hybridized carbons (Fsp3) is 0.154. The topological polar surface area (TPSA) is 149 Å². The number of aliphatic hydroxyl groups is 1. The molecule has 1 amide bonds. The smallest absolute Gasteiger partial charge is 0.251 e. The molecule has 10 heteroatoms. The van der Waals surface area contributed by atoms with Crippen molar-refractivity contribution >= 4 is 16.9 Å². The Morgan fingerprint density at radius 2 is 1.94 bits per heavy atom. The lowest BCUT2D eigenvalue weighted by Crippen LogP contribution is -2.39. The van der Waals surface area contributed by atoms with Crippen LogP contribution in [0.3, 0.4) is 0 Å². The van der Waals surface area contributed by atoms with Gasteiger partial charge in [0.15, 0.2) is 0 Å². The third-order valence-corrected chi connectivity index (χ3v) is 5.86. The van der Waals surface area contributed by atoms with E-state index >= 15 is 0 Å². The summed E-state index contributed by atoms with van der Waals surface area (Å²) in [6.07, 6.45) is 5.30. The van der Waals surface area contributed by atoms with Crippen LogP contribution in [-0.4, -0.2) is 60.8 Å². The van der Waals surface area contributed by atoms with E-state index in [9.17, 15) is 15.0 Å². The van der Waals surface area contributed by atoms with Crippen molar-refractivity contribution < 1.29 is 19.7 Å². The summed E-state index contributed by atoms with van der Waals surface area (Å²) in [4.78, 5) is 31.8. The molecule has 0 fully saturated rings. The molecule has 5 aromatic rings. The Hall–Kier alpha value is -4.70. The standard InChI is InChI=1S/C26H24N6O4/c1-36-26-19(6-3-9-28-26)18-4-2-5-20(23(18)34)24-31-21-8-7-15(10-22(21)32-24)25(35)30-17(13-33)11-16-12-27-14-29-16/h2-10,12,14,17,33-34H,11,13H2,1H3,(H,27,29)(H,30,35)(H,31,32)/t17-/m0/s1. The molecule has 0 unspecified atom stereocenters. The number of aromatic amines is 2. The molecule has 0 radical (unpaired) electrons. The van der Waals surface area contributed by atoms with Crippen molar-refractivity contribution in [2.24, 2.45) is 0 Å². The number of aliphatic hydroxyl groups excluding tert-OH is 1. The van der Waals surface area contributed by atoms with E-state index in [-0.39, 0.29) is 18.3 Å². The average molecular weight is 485 g/mol. The van der Waals surface area contributed by atoms with E-state index in [0.29, 0.717) is 51.4 Å². The number of methoxy groups -OCH3 is 1. The van der Waals surface area contributed by atoms with Gasteiger partial charge in [-0.05, 0) is 36.4 Å². The van der Waals surface area contributed by atoms with Gasteiger partial charge < -0.3 is 30.2 Å². The normalized spacial score (nSPS) is 11.9. The van der Waals surface area contributed by atoms with Crippen LogP contribution in [0.4, 0.5) is 0 Å². The molecule has 0 bridgehead atoms. The number of fused-ring (bicyclic) bond motifs is 1. The van der Waals surface area contributed by atoms with Gasteiger partial charge in [0.2, 0.25) is 5.88 Å². The van der Waals surface area contributed by atoms with Gasteiger partial charge >= 0.3 is 0 Å². The number of carbonyl (C=O) groups is 1. The zero-order valence-electron chi connectivity index (χ0n) is 19.4. The van der Waals surface area contributed by atoms with Crippen molar-refractivity contribution in [2.45, 2.75) is 12.5 Å². The van der Waals surface area contributed by atoms with E-state index in [0.717, 1.165) is 5.69 Å². The number of benzene rings is 2. The molecule has 5 rings (SSSR count). The van der Waals surface area contributed by atoms with Gasteiger partial charge in [-0.2, -0.15) is 0 Å². The quantitative estimate of drug-likeness (QED) is 0.227. The second-order valence-electron chi connectivity index (χ2n) is 8.20. The van der Waals surface area contributed by atoms with Gasteiger partial charge in [0.05, 0.1) is 48.4 Å². The molecule has 36 heavy (non-hydrogen) atoms. The number of amides is 1. The molecule has 0 aliphatic heterocycles. The van der Waals surface area contributed by atoms with Crippen molar-refractivity contribution in [3.63, 3.8) is 0 Å². The monoisotopic (exact) mass is 484 g/mol. The minimum Gasteiger partial charge on any atom is -0.507 e. The molecule has 0 saturated heterocycles. The number of para-hydroxylation sites is 1. The third-order valence-electron chi connectivity index (χ3n) is 5.86. The summed E-state index contributed by atoms with van der Waals surface area (Å²) in [5, 5.41) is 23.6. The molecule has 0 saturated carbocycles. The van der Waals surface area contributed by atoms with Crippen LogP contribution < -0.4 is 10.1 Å². The molecule has 3 heterocycles. The molecule has 2 aromatic carbocycles. The number of pyridine rings is 1. The Bertz CT molecular complexity index is 1510. The highest BCUT2D eigenvalue weighted by atomic mass is 16.5. The maximum absolute atomic E-state index is 12.8. The predicted octanol–water partition coefficient (Wildman–Crippen LogP) is 3.06. The van der Waals surface area contributed by atoms with Crippen molar-refractivity contribution in [1.29, 1.82) is 0 Å². The molecule has 10 nitrogen and oxygen atoms in total. The van der Waals surface area contributed by atoms with Crippen LogP contribution in [0.2, 0.25) is 0 Å². The van der Waals surface area contributed by atoms with Crippen molar-refractivity contribution in [3.05, 3.63) is 78.5 Å². The average Bonchev–Trinajstić information content (AvgIpc) is 3.57. The number of nitrogens with one attached hydrogen (secondary N) is 3. The van der Waals surface area contributed by atoms with E-state index in [1.807, 2.05) is 12.1 Å². The number of rotatable bonds is 8. The molecular formula is C26H24N6O4. The molecule has 182 valence electrons. The second kappa shape index (κ2) is 9.88. The van der Waals surface area contributed by atoms with Gasteiger partial charge in [0, 0.05) is 35.5 Å². The van der Waals surface area contributed by atoms with Crippen LogP contribution in [0.25, 0.3) is 33.5 Å². The largest absolute Gasteiger partial charge is 0.507 e. The number of aromatic hydroxyl groups is 1. The zero-order valence-corrected chi connectivity index (χ0v) is 19.4. The minimum atomic E-state index is -0.474. The first-order valence-corrected chi connectivity index (χ1v) is 11.3. The predicted molar refractivity (Wildman–Crippen MR) is 134 cm³/mol. The fourth-order valence-electron chi connectivity index (χ4n) is 4.07. The maximum Gasteiger partial charge on any atom is 0.251 e. The summed E-state index contributed by atoms with van der Waals surface area (Å²) in [5.41, 5.74) is 4.15. The van der Waals surface area contributed by atoms with Crippen LogP contribution >= 0.6 is 0 Å². The highest BCUT2D eigenvalue weighted by Gasteiger charge is 2.19. The molecule has 1 atom stereocenters. The van der Waals surface area contributed by atoms with Crippen molar-refractivity contribution in [1.82, 2.24) is 30.2 Å². The molecular weight excluding hydrogens is 460 g/mol. The number of hydrogen-bond acceptors (Lipinski definition) is 7. The highest BCUT2D eigenvalue weighted by Crippen LogP contribution is 2.40.